The van der Waals surface area contributed by atoms with Crippen molar-refractivity contribution in [3.05, 3.63) is 93.6 Å². The van der Waals surface area contributed by atoms with Crippen LogP contribution in [0.2, 0.25) is 0 Å². The van der Waals surface area contributed by atoms with Crippen LogP contribution in [0, 0.1) is 12.7 Å². The van der Waals surface area contributed by atoms with Crippen molar-refractivity contribution in [2.24, 2.45) is 0 Å². The van der Waals surface area contributed by atoms with Crippen LogP contribution < -0.4 is 15.1 Å². The molecule has 2 heterocycles. The summed E-state index contributed by atoms with van der Waals surface area (Å²) >= 11 is 0. The average molecular weight is 431 g/mol. The van der Waals surface area contributed by atoms with Crippen LogP contribution in [-0.4, -0.2) is 18.7 Å². The van der Waals surface area contributed by atoms with Crippen molar-refractivity contribution in [3.63, 3.8) is 0 Å². The van der Waals surface area contributed by atoms with Crippen LogP contribution in [0.15, 0.2) is 69.9 Å². The molecule has 162 valence electrons. The maximum Gasteiger partial charge on any atom is 0.336 e. The number of fused-ring (bicyclic) bond motifs is 2. The molecule has 0 aliphatic carbocycles. The highest BCUT2D eigenvalue weighted by Gasteiger charge is 2.24. The first-order chi connectivity index (χ1) is 15.5. The molecule has 0 spiro atoms. The van der Waals surface area contributed by atoms with Gasteiger partial charge >= 0.3 is 5.63 Å². The van der Waals surface area contributed by atoms with Crippen LogP contribution in [0.25, 0.3) is 22.1 Å². The van der Waals surface area contributed by atoms with E-state index in [-0.39, 0.29) is 5.82 Å². The fraction of sp³-hybridized carbons (Fsp3) is 0.192. The minimum absolute atomic E-state index is 0.225. The molecule has 0 radical (unpaired) electrons. The topological polar surface area (TPSA) is 51.9 Å². The number of rotatable bonds is 4. The average Bonchev–Trinajstić information content (AvgIpc) is 2.81. The van der Waals surface area contributed by atoms with Gasteiger partial charge in [-0.15, -0.1) is 0 Å². The summed E-state index contributed by atoms with van der Waals surface area (Å²) in [6.07, 6.45) is 0. The molecule has 0 bridgehead atoms. The van der Waals surface area contributed by atoms with E-state index in [1.165, 1.54) is 12.1 Å². The van der Waals surface area contributed by atoms with Gasteiger partial charge in [-0.1, -0.05) is 30.3 Å². The molecular weight excluding hydrogens is 409 g/mol. The lowest BCUT2D eigenvalue weighted by Gasteiger charge is -2.30. The quantitative estimate of drug-likeness (QED) is 0.412. The Kier molecular flexibility index (Phi) is 5.15. The third kappa shape index (κ3) is 3.63. The Morgan fingerprint density at radius 2 is 1.88 bits per heavy atom. The first-order valence-electron chi connectivity index (χ1n) is 10.4. The first-order valence-corrected chi connectivity index (χ1v) is 10.4. The van der Waals surface area contributed by atoms with E-state index in [4.69, 9.17) is 13.9 Å². The third-order valence-corrected chi connectivity index (χ3v) is 5.83. The molecule has 1 aliphatic heterocycles. The second-order valence-corrected chi connectivity index (χ2v) is 7.93. The van der Waals surface area contributed by atoms with E-state index >= 15 is 0 Å². The highest BCUT2D eigenvalue weighted by atomic mass is 19.1. The lowest BCUT2D eigenvalue weighted by Crippen LogP contribution is -2.32. The molecule has 4 aromatic rings. The van der Waals surface area contributed by atoms with Crippen LogP contribution in [0.4, 0.5) is 4.39 Å². The molecule has 1 aliphatic rings. The van der Waals surface area contributed by atoms with Crippen molar-refractivity contribution in [3.8, 4) is 22.6 Å². The zero-order valence-electron chi connectivity index (χ0n) is 17.9. The van der Waals surface area contributed by atoms with Gasteiger partial charge in [-0.2, -0.15) is 0 Å². The summed E-state index contributed by atoms with van der Waals surface area (Å²) in [4.78, 5) is 14.4. The molecule has 0 unspecified atom stereocenters. The highest BCUT2D eigenvalue weighted by molar-refractivity contribution is 5.96. The number of hydrogen-bond donors (Lipinski definition) is 0. The number of nitrogens with zero attached hydrogens (tertiary/aromatic N) is 1. The second-order valence-electron chi connectivity index (χ2n) is 7.93. The molecule has 0 N–H and O–H groups in total. The molecule has 5 rings (SSSR count). The Labute approximate surface area is 184 Å². The SMILES string of the molecule is COc1ccc(-c2cc(=O)oc3c(C)c4c(cc23)CN(Cc2ccccc2F)CO4)cc1. The molecule has 0 saturated heterocycles. The Hall–Kier alpha value is -3.64. The summed E-state index contributed by atoms with van der Waals surface area (Å²) in [6.45, 7) is 3.27. The van der Waals surface area contributed by atoms with E-state index in [0.717, 1.165) is 39.1 Å². The van der Waals surface area contributed by atoms with Crippen LogP contribution in [0.3, 0.4) is 0 Å². The second kappa shape index (κ2) is 8.13. The Morgan fingerprint density at radius 1 is 1.09 bits per heavy atom. The highest BCUT2D eigenvalue weighted by Crippen LogP contribution is 2.38. The van der Waals surface area contributed by atoms with Gasteiger partial charge < -0.3 is 13.9 Å². The lowest BCUT2D eigenvalue weighted by molar-refractivity contribution is 0.0871. The predicted octanol–water partition coefficient (Wildman–Crippen LogP) is 5.27. The number of benzene rings is 3. The maximum atomic E-state index is 14.1. The Balaban J connectivity index is 1.58. The van der Waals surface area contributed by atoms with Gasteiger partial charge in [0, 0.05) is 41.2 Å². The largest absolute Gasteiger partial charge is 0.497 e. The summed E-state index contributed by atoms with van der Waals surface area (Å²) in [6, 6.07) is 17.8. The van der Waals surface area contributed by atoms with Gasteiger partial charge in [0.2, 0.25) is 0 Å². The normalized spacial score (nSPS) is 13.6. The molecule has 0 saturated carbocycles. The van der Waals surface area contributed by atoms with Crippen molar-refractivity contribution in [2.45, 2.75) is 20.0 Å². The summed E-state index contributed by atoms with van der Waals surface area (Å²) < 4.78 is 31.0. The molecule has 0 atom stereocenters. The van der Waals surface area contributed by atoms with Crippen molar-refractivity contribution in [1.29, 1.82) is 0 Å². The number of hydrogen-bond acceptors (Lipinski definition) is 5. The third-order valence-electron chi connectivity index (χ3n) is 5.83. The van der Waals surface area contributed by atoms with Crippen LogP contribution in [-0.2, 0) is 13.1 Å². The molecule has 3 aromatic carbocycles. The minimum Gasteiger partial charge on any atom is -0.497 e. The van der Waals surface area contributed by atoms with E-state index < -0.39 is 5.63 Å². The van der Waals surface area contributed by atoms with Crippen LogP contribution >= 0.6 is 0 Å². The van der Waals surface area contributed by atoms with E-state index in [0.29, 0.717) is 31.0 Å². The molecular formula is C26H22FNO4. The Morgan fingerprint density at radius 3 is 2.62 bits per heavy atom. The number of aryl methyl sites for hydroxylation is 1. The number of halogens is 1. The van der Waals surface area contributed by atoms with Gasteiger partial charge in [-0.05, 0) is 42.3 Å². The summed E-state index contributed by atoms with van der Waals surface area (Å²) in [7, 11) is 1.62. The van der Waals surface area contributed by atoms with Crippen molar-refractivity contribution < 1.29 is 18.3 Å². The van der Waals surface area contributed by atoms with E-state index in [1.807, 2.05) is 48.2 Å². The predicted molar refractivity (Wildman–Crippen MR) is 120 cm³/mol. The molecule has 0 fully saturated rings. The fourth-order valence-corrected chi connectivity index (χ4v) is 4.25. The number of ether oxygens (including phenoxy) is 2. The van der Waals surface area contributed by atoms with Crippen molar-refractivity contribution in [1.82, 2.24) is 4.90 Å². The smallest absolute Gasteiger partial charge is 0.336 e. The maximum absolute atomic E-state index is 14.1. The standard InChI is InChI=1S/C26H22FNO4/c1-16-25-19(14-28(15-31-25)13-18-5-3-4-6-23(18)27)11-22-21(12-24(29)32-26(16)22)17-7-9-20(30-2)10-8-17/h3-12H,13-15H2,1-2H3. The Bertz CT molecular complexity index is 1360. The minimum atomic E-state index is -0.414. The van der Waals surface area contributed by atoms with Crippen molar-refractivity contribution in [2.75, 3.05) is 13.8 Å². The van der Waals surface area contributed by atoms with E-state index in [9.17, 15) is 9.18 Å². The van der Waals surface area contributed by atoms with Gasteiger partial charge in [0.25, 0.3) is 0 Å². The fourth-order valence-electron chi connectivity index (χ4n) is 4.25. The van der Waals surface area contributed by atoms with E-state index in [1.54, 1.807) is 19.2 Å². The van der Waals surface area contributed by atoms with Gasteiger partial charge in [-0.3, -0.25) is 4.90 Å². The zero-order chi connectivity index (χ0) is 22.2. The van der Waals surface area contributed by atoms with Crippen LogP contribution in [0.5, 0.6) is 11.5 Å². The molecule has 6 heteroatoms. The molecule has 1 aromatic heterocycles. The van der Waals surface area contributed by atoms with Crippen LogP contribution in [0.1, 0.15) is 16.7 Å². The molecule has 32 heavy (non-hydrogen) atoms. The van der Waals surface area contributed by atoms with Gasteiger partial charge in [-0.25, -0.2) is 9.18 Å². The van der Waals surface area contributed by atoms with Crippen molar-refractivity contribution >= 4 is 11.0 Å². The monoisotopic (exact) mass is 431 g/mol. The summed E-state index contributed by atoms with van der Waals surface area (Å²) in [5, 5.41) is 0.836. The van der Waals surface area contributed by atoms with Gasteiger partial charge in [0.15, 0.2) is 0 Å². The van der Waals surface area contributed by atoms with Gasteiger partial charge in [0.05, 0.1) is 7.11 Å². The molecule has 5 nitrogen and oxygen atoms in total. The lowest BCUT2D eigenvalue weighted by atomic mass is 9.96. The first kappa shape index (κ1) is 20.3. The van der Waals surface area contributed by atoms with Gasteiger partial charge in [0.1, 0.15) is 29.6 Å². The van der Waals surface area contributed by atoms with E-state index in [2.05, 4.69) is 0 Å². The number of methoxy groups -OCH3 is 1. The molecule has 0 amide bonds. The zero-order valence-corrected chi connectivity index (χ0v) is 17.9. The summed E-state index contributed by atoms with van der Waals surface area (Å²) in [5.74, 6) is 1.24. The summed E-state index contributed by atoms with van der Waals surface area (Å²) in [5.41, 5.74) is 4.17.